The summed E-state index contributed by atoms with van der Waals surface area (Å²) < 4.78 is 23.1. The fourth-order valence-electron chi connectivity index (χ4n) is 2.14. The number of carbonyl (C=O) groups excluding carboxylic acids is 2. The lowest BCUT2D eigenvalue weighted by Gasteiger charge is -2.09. The number of amides is 2. The van der Waals surface area contributed by atoms with Crippen molar-refractivity contribution in [1.29, 1.82) is 0 Å². The molecule has 6 nitrogen and oxygen atoms in total. The van der Waals surface area contributed by atoms with Crippen LogP contribution in [-0.4, -0.2) is 38.3 Å². The minimum Gasteiger partial charge on any atom is -0.492 e. The number of ether oxygens (including phenoxy) is 2. The molecule has 1 aromatic rings. The standard InChI is InChI=1S/C18H27FN2O4/c1-2-24-17(22)10-5-3-4-6-11-20-18(23)21-12-13-25-16-9-7-8-15(19)14-16/h7-9,14H,2-6,10-13H2,1H3,(H2,20,21,23). The zero-order valence-electron chi connectivity index (χ0n) is 14.7. The predicted octanol–water partition coefficient (Wildman–Crippen LogP) is 3.02. The van der Waals surface area contributed by atoms with Gasteiger partial charge in [-0.15, -0.1) is 0 Å². The molecule has 0 atom stereocenters. The summed E-state index contributed by atoms with van der Waals surface area (Å²) in [4.78, 5) is 22.7. The zero-order valence-corrected chi connectivity index (χ0v) is 14.7. The molecule has 0 aromatic heterocycles. The second kappa shape index (κ2) is 13.0. The number of esters is 1. The summed E-state index contributed by atoms with van der Waals surface area (Å²) in [6.45, 7) is 3.40. The first kappa shape index (κ1) is 20.7. The van der Waals surface area contributed by atoms with Crippen molar-refractivity contribution >= 4 is 12.0 Å². The molecule has 0 saturated carbocycles. The van der Waals surface area contributed by atoms with Crippen molar-refractivity contribution in [2.75, 3.05) is 26.3 Å². The number of benzene rings is 1. The van der Waals surface area contributed by atoms with Gasteiger partial charge in [-0.05, 0) is 31.9 Å². The van der Waals surface area contributed by atoms with Crippen LogP contribution in [0, 0.1) is 5.82 Å². The van der Waals surface area contributed by atoms with Gasteiger partial charge in [0.2, 0.25) is 0 Å². The Balaban J connectivity index is 1.93. The molecule has 1 aromatic carbocycles. The number of halogens is 1. The van der Waals surface area contributed by atoms with Crippen molar-refractivity contribution in [3.8, 4) is 5.75 Å². The second-order valence-electron chi connectivity index (χ2n) is 5.46. The van der Waals surface area contributed by atoms with Gasteiger partial charge < -0.3 is 20.1 Å². The molecule has 0 aliphatic carbocycles. The average molecular weight is 354 g/mol. The molecule has 0 bridgehead atoms. The second-order valence-corrected chi connectivity index (χ2v) is 5.46. The van der Waals surface area contributed by atoms with E-state index in [1.807, 2.05) is 0 Å². The number of nitrogens with one attached hydrogen (secondary N) is 2. The molecule has 0 aliphatic heterocycles. The van der Waals surface area contributed by atoms with E-state index in [0.717, 1.165) is 25.7 Å². The van der Waals surface area contributed by atoms with E-state index in [9.17, 15) is 14.0 Å². The predicted molar refractivity (Wildman–Crippen MR) is 93.0 cm³/mol. The lowest BCUT2D eigenvalue weighted by Crippen LogP contribution is -2.38. The topological polar surface area (TPSA) is 76.7 Å². The molecular formula is C18H27FN2O4. The Morgan fingerprint density at radius 2 is 1.84 bits per heavy atom. The van der Waals surface area contributed by atoms with Gasteiger partial charge in [-0.2, -0.15) is 0 Å². The molecule has 0 spiro atoms. The molecule has 0 saturated heterocycles. The van der Waals surface area contributed by atoms with E-state index in [-0.39, 0.29) is 24.4 Å². The Morgan fingerprint density at radius 3 is 2.60 bits per heavy atom. The van der Waals surface area contributed by atoms with E-state index < -0.39 is 0 Å². The molecule has 2 N–H and O–H groups in total. The summed E-state index contributed by atoms with van der Waals surface area (Å²) in [6.07, 6.45) is 4.00. The molecule has 0 unspecified atom stereocenters. The molecule has 2 amide bonds. The van der Waals surface area contributed by atoms with E-state index in [1.165, 1.54) is 12.1 Å². The third-order valence-corrected chi connectivity index (χ3v) is 3.35. The highest BCUT2D eigenvalue weighted by molar-refractivity contribution is 5.73. The van der Waals surface area contributed by atoms with Crippen molar-refractivity contribution in [2.24, 2.45) is 0 Å². The first-order valence-corrected chi connectivity index (χ1v) is 8.67. The molecular weight excluding hydrogens is 327 g/mol. The normalized spacial score (nSPS) is 10.2. The number of hydrogen-bond acceptors (Lipinski definition) is 4. The van der Waals surface area contributed by atoms with E-state index in [0.29, 0.717) is 31.9 Å². The Kier molecular flexibility index (Phi) is 10.8. The maximum Gasteiger partial charge on any atom is 0.314 e. The van der Waals surface area contributed by atoms with Crippen LogP contribution in [0.4, 0.5) is 9.18 Å². The SMILES string of the molecule is CCOC(=O)CCCCCCNC(=O)NCCOc1cccc(F)c1. The van der Waals surface area contributed by atoms with Crippen LogP contribution in [0.15, 0.2) is 24.3 Å². The summed E-state index contributed by atoms with van der Waals surface area (Å²) in [5.74, 6) is -0.0732. The van der Waals surface area contributed by atoms with Gasteiger partial charge in [-0.3, -0.25) is 4.79 Å². The lowest BCUT2D eigenvalue weighted by molar-refractivity contribution is -0.143. The molecule has 0 fully saturated rings. The Labute approximate surface area is 148 Å². The van der Waals surface area contributed by atoms with Crippen LogP contribution in [0.3, 0.4) is 0 Å². The van der Waals surface area contributed by atoms with Crippen molar-refractivity contribution < 1.29 is 23.5 Å². The minimum atomic E-state index is -0.356. The quantitative estimate of drug-likeness (QED) is 0.447. The summed E-state index contributed by atoms with van der Waals surface area (Å²) in [5, 5.41) is 5.42. The molecule has 0 heterocycles. The van der Waals surface area contributed by atoms with Gasteiger partial charge in [-0.25, -0.2) is 9.18 Å². The highest BCUT2D eigenvalue weighted by Crippen LogP contribution is 2.11. The number of carbonyl (C=O) groups is 2. The minimum absolute atomic E-state index is 0.152. The van der Waals surface area contributed by atoms with Gasteiger partial charge in [0.15, 0.2) is 0 Å². The fraction of sp³-hybridized carbons (Fsp3) is 0.556. The monoisotopic (exact) mass is 354 g/mol. The highest BCUT2D eigenvalue weighted by atomic mass is 19.1. The van der Waals surface area contributed by atoms with E-state index in [4.69, 9.17) is 9.47 Å². The third kappa shape index (κ3) is 11.0. The molecule has 1 rings (SSSR count). The van der Waals surface area contributed by atoms with Gasteiger partial charge in [0.25, 0.3) is 0 Å². The average Bonchev–Trinajstić information content (AvgIpc) is 2.58. The van der Waals surface area contributed by atoms with E-state index in [2.05, 4.69) is 10.6 Å². The maximum absolute atomic E-state index is 12.9. The van der Waals surface area contributed by atoms with Crippen LogP contribution in [-0.2, 0) is 9.53 Å². The van der Waals surface area contributed by atoms with Crippen molar-refractivity contribution in [1.82, 2.24) is 10.6 Å². The van der Waals surface area contributed by atoms with Gasteiger partial charge in [0, 0.05) is 19.0 Å². The first-order chi connectivity index (χ1) is 12.1. The number of unbranched alkanes of at least 4 members (excludes halogenated alkanes) is 3. The van der Waals surface area contributed by atoms with Crippen LogP contribution >= 0.6 is 0 Å². The molecule has 0 aliphatic rings. The van der Waals surface area contributed by atoms with Crippen LogP contribution in [0.25, 0.3) is 0 Å². The molecule has 7 heteroatoms. The number of hydrogen-bond donors (Lipinski definition) is 2. The van der Waals surface area contributed by atoms with Crippen LogP contribution in [0.5, 0.6) is 5.75 Å². The van der Waals surface area contributed by atoms with Crippen LogP contribution < -0.4 is 15.4 Å². The van der Waals surface area contributed by atoms with Crippen molar-refractivity contribution in [3.63, 3.8) is 0 Å². The van der Waals surface area contributed by atoms with Crippen LogP contribution in [0.2, 0.25) is 0 Å². The van der Waals surface area contributed by atoms with Gasteiger partial charge >= 0.3 is 12.0 Å². The Hall–Kier alpha value is -2.31. The first-order valence-electron chi connectivity index (χ1n) is 8.67. The van der Waals surface area contributed by atoms with Gasteiger partial charge in [0.05, 0.1) is 13.2 Å². The van der Waals surface area contributed by atoms with Crippen LogP contribution in [0.1, 0.15) is 39.0 Å². The largest absolute Gasteiger partial charge is 0.492 e. The Morgan fingerprint density at radius 1 is 1.08 bits per heavy atom. The van der Waals surface area contributed by atoms with Crippen molar-refractivity contribution in [3.05, 3.63) is 30.1 Å². The molecule has 140 valence electrons. The van der Waals surface area contributed by atoms with E-state index >= 15 is 0 Å². The Bertz CT molecular complexity index is 526. The van der Waals surface area contributed by atoms with Gasteiger partial charge in [0.1, 0.15) is 18.2 Å². The van der Waals surface area contributed by atoms with E-state index in [1.54, 1.807) is 19.1 Å². The molecule has 25 heavy (non-hydrogen) atoms. The lowest BCUT2D eigenvalue weighted by atomic mass is 10.1. The maximum atomic E-state index is 12.9. The summed E-state index contributed by atoms with van der Waals surface area (Å²) in [7, 11) is 0. The van der Waals surface area contributed by atoms with Crippen molar-refractivity contribution in [2.45, 2.75) is 39.0 Å². The summed E-state index contributed by atoms with van der Waals surface area (Å²) >= 11 is 0. The zero-order chi connectivity index (χ0) is 18.3. The number of urea groups is 1. The smallest absolute Gasteiger partial charge is 0.314 e. The summed E-state index contributed by atoms with van der Waals surface area (Å²) in [6, 6.07) is 5.61. The van der Waals surface area contributed by atoms with Gasteiger partial charge in [-0.1, -0.05) is 18.9 Å². The summed E-state index contributed by atoms with van der Waals surface area (Å²) in [5.41, 5.74) is 0. The highest BCUT2D eigenvalue weighted by Gasteiger charge is 2.02. The molecule has 0 radical (unpaired) electrons. The number of rotatable bonds is 12. The fourth-order valence-corrected chi connectivity index (χ4v) is 2.14. The third-order valence-electron chi connectivity index (χ3n) is 3.35.